The SMILES string of the molecule is COC(=O)[C@H](C)N(Oc1ccccc1)[P+](=O)OC[C@H]1O[C@@H](n2cnc3c(NC4CC4)nc(N)nc32)[C@](C)(F)[C@@H]1O. The number of nitrogens with two attached hydrogens (primary N) is 1. The zero-order valence-corrected chi connectivity index (χ0v) is 22.9. The third-order valence-electron chi connectivity index (χ3n) is 6.65. The molecule has 1 saturated heterocycles. The van der Waals surface area contributed by atoms with E-state index in [2.05, 4.69) is 20.3 Å². The number of ether oxygens (including phenoxy) is 2. The van der Waals surface area contributed by atoms with Crippen molar-refractivity contribution in [2.24, 2.45) is 0 Å². The predicted octanol–water partition coefficient (Wildman–Crippen LogP) is 2.50. The Morgan fingerprint density at radius 2 is 2.10 bits per heavy atom. The molecule has 0 radical (unpaired) electrons. The van der Waals surface area contributed by atoms with Gasteiger partial charge in [-0.3, -0.25) is 9.36 Å². The number of methoxy groups -OCH3 is 1. The van der Waals surface area contributed by atoms with Gasteiger partial charge >= 0.3 is 14.1 Å². The number of carbonyl (C=O) groups excluding carboxylic acids is 1. The zero-order valence-electron chi connectivity index (χ0n) is 22.0. The molecule has 214 valence electrons. The Labute approximate surface area is 229 Å². The van der Waals surface area contributed by atoms with E-state index in [1.807, 2.05) is 0 Å². The molecule has 1 aliphatic carbocycles. The molecule has 40 heavy (non-hydrogen) atoms. The van der Waals surface area contributed by atoms with Gasteiger partial charge in [-0.1, -0.05) is 18.2 Å². The van der Waals surface area contributed by atoms with Gasteiger partial charge in [0.25, 0.3) is 0 Å². The molecule has 0 bridgehead atoms. The number of carbonyl (C=O) groups is 1. The van der Waals surface area contributed by atoms with Gasteiger partial charge in [-0.25, -0.2) is 9.37 Å². The Bertz CT molecular complexity index is 1390. The largest absolute Gasteiger partial charge is 0.653 e. The maximum atomic E-state index is 15.9. The number of nitrogens with one attached hydrogen (secondary N) is 1. The molecule has 0 spiro atoms. The van der Waals surface area contributed by atoms with Crippen molar-refractivity contribution in [1.29, 1.82) is 0 Å². The molecule has 2 aliphatic rings. The van der Waals surface area contributed by atoms with Crippen molar-refractivity contribution in [3.8, 4) is 5.75 Å². The third-order valence-corrected chi connectivity index (χ3v) is 7.77. The van der Waals surface area contributed by atoms with Crippen molar-refractivity contribution < 1.29 is 37.7 Å². The quantitative estimate of drug-likeness (QED) is 0.172. The predicted molar refractivity (Wildman–Crippen MR) is 140 cm³/mol. The molecule has 16 heteroatoms. The summed E-state index contributed by atoms with van der Waals surface area (Å²) in [6.45, 7) is 2.10. The lowest BCUT2D eigenvalue weighted by Crippen LogP contribution is -2.41. The van der Waals surface area contributed by atoms with Gasteiger partial charge in [0.05, 0.1) is 13.4 Å². The Kier molecular flexibility index (Phi) is 7.84. The van der Waals surface area contributed by atoms with Crippen LogP contribution in [0.3, 0.4) is 0 Å². The number of nitrogen functional groups attached to an aromatic ring is 1. The number of halogens is 1. The number of aliphatic hydroxyl groups is 1. The molecule has 0 amide bonds. The van der Waals surface area contributed by atoms with Crippen LogP contribution in [0.15, 0.2) is 36.7 Å². The lowest BCUT2D eigenvalue weighted by Gasteiger charge is -2.24. The van der Waals surface area contributed by atoms with Crippen molar-refractivity contribution in [2.75, 3.05) is 24.8 Å². The Balaban J connectivity index is 1.33. The number of alkyl halides is 1. The standard InChI is InChI=1S/C24H30FN7O7P/c1-13(21(34)36-3)32(39-15-7-5-4-6-8-15)40(35)37-11-16-18(33)24(2,25)22(38-16)31-12-27-17-19(28-14-9-10-14)29-23(26)30-20(17)31/h4-8,12-14,16,18,22,33H,9-11H2,1-3H3,(H3,26,28,29,30)/q+1/t13-,16+,18+,22+,24+/m0/s1. The summed E-state index contributed by atoms with van der Waals surface area (Å²) in [6, 6.07) is 7.48. The summed E-state index contributed by atoms with van der Waals surface area (Å²) >= 11 is 0. The molecule has 1 saturated carbocycles. The molecule has 2 fully saturated rings. The number of anilines is 2. The van der Waals surface area contributed by atoms with Gasteiger partial charge in [-0.05, 0) is 43.4 Å². The maximum Gasteiger partial charge on any atom is 0.653 e. The highest BCUT2D eigenvalue weighted by Gasteiger charge is 2.56. The van der Waals surface area contributed by atoms with Gasteiger partial charge in [-0.2, -0.15) is 9.97 Å². The van der Waals surface area contributed by atoms with Crippen molar-refractivity contribution >= 4 is 37.1 Å². The molecule has 3 heterocycles. The first-order valence-corrected chi connectivity index (χ1v) is 13.7. The fourth-order valence-corrected chi connectivity index (χ4v) is 5.20. The van der Waals surface area contributed by atoms with E-state index in [0.29, 0.717) is 17.1 Å². The fraction of sp³-hybridized carbons (Fsp3) is 0.500. The number of esters is 1. The van der Waals surface area contributed by atoms with E-state index in [0.717, 1.165) is 17.7 Å². The molecule has 3 aromatic rings. The summed E-state index contributed by atoms with van der Waals surface area (Å²) in [5.41, 5.74) is 4.18. The minimum atomic E-state index is -2.83. The Morgan fingerprint density at radius 1 is 1.38 bits per heavy atom. The second kappa shape index (κ2) is 11.2. The average Bonchev–Trinajstić information content (AvgIpc) is 3.61. The first kappa shape index (κ1) is 28.1. The van der Waals surface area contributed by atoms with Crippen LogP contribution in [-0.2, 0) is 23.4 Å². The number of aliphatic hydroxyl groups excluding tert-OH is 1. The first-order valence-electron chi connectivity index (χ1n) is 12.6. The van der Waals surface area contributed by atoms with E-state index in [1.54, 1.807) is 30.3 Å². The lowest BCUT2D eigenvalue weighted by atomic mass is 9.98. The van der Waals surface area contributed by atoms with Crippen LogP contribution >= 0.6 is 8.18 Å². The van der Waals surface area contributed by atoms with Gasteiger partial charge in [0.15, 0.2) is 40.7 Å². The summed E-state index contributed by atoms with van der Waals surface area (Å²) in [7, 11) is -1.65. The van der Waals surface area contributed by atoms with Crippen molar-refractivity contribution in [1.82, 2.24) is 24.4 Å². The van der Waals surface area contributed by atoms with Crippen LogP contribution in [0.4, 0.5) is 16.2 Å². The monoisotopic (exact) mass is 578 g/mol. The van der Waals surface area contributed by atoms with Gasteiger partial charge in [0.2, 0.25) is 5.95 Å². The van der Waals surface area contributed by atoms with Gasteiger partial charge in [0.1, 0.15) is 23.6 Å². The van der Waals surface area contributed by atoms with Gasteiger partial charge < -0.3 is 30.5 Å². The maximum absolute atomic E-state index is 15.9. The van der Waals surface area contributed by atoms with E-state index in [4.69, 9.17) is 24.6 Å². The van der Waals surface area contributed by atoms with E-state index in [-0.39, 0.29) is 17.6 Å². The third kappa shape index (κ3) is 5.56. The van der Waals surface area contributed by atoms with E-state index in [1.165, 1.54) is 31.9 Å². The second-order valence-electron chi connectivity index (χ2n) is 9.74. The van der Waals surface area contributed by atoms with Crippen LogP contribution < -0.4 is 15.9 Å². The number of benzene rings is 1. The van der Waals surface area contributed by atoms with Crippen LogP contribution in [0.2, 0.25) is 0 Å². The van der Waals surface area contributed by atoms with E-state index in [9.17, 15) is 14.5 Å². The highest BCUT2D eigenvalue weighted by Crippen LogP contribution is 2.44. The summed E-state index contributed by atoms with van der Waals surface area (Å²) < 4.78 is 46.5. The van der Waals surface area contributed by atoms with E-state index >= 15 is 4.39 Å². The van der Waals surface area contributed by atoms with E-state index < -0.39 is 50.9 Å². The number of hydrogen-bond acceptors (Lipinski definition) is 12. The number of imidazole rings is 1. The van der Waals surface area contributed by atoms with Crippen LogP contribution in [-0.4, -0.2) is 79.1 Å². The fourth-order valence-electron chi connectivity index (χ4n) is 4.28. The molecule has 1 aromatic carbocycles. The normalized spacial score (nSPS) is 25.6. The van der Waals surface area contributed by atoms with Crippen LogP contribution in [0.5, 0.6) is 5.75 Å². The van der Waals surface area contributed by atoms with Crippen LogP contribution in [0.1, 0.15) is 32.9 Å². The molecule has 14 nitrogen and oxygen atoms in total. The van der Waals surface area contributed by atoms with Crippen LogP contribution in [0, 0.1) is 0 Å². The Morgan fingerprint density at radius 3 is 2.77 bits per heavy atom. The molecule has 6 atom stereocenters. The number of para-hydroxylation sites is 1. The number of hydrogen-bond donors (Lipinski definition) is 3. The van der Waals surface area contributed by atoms with Crippen molar-refractivity contribution in [3.63, 3.8) is 0 Å². The summed E-state index contributed by atoms with van der Waals surface area (Å²) in [4.78, 5) is 31.4. The number of nitrogens with zero attached hydrogens (tertiary/aromatic N) is 5. The molecule has 4 N–H and O–H groups in total. The number of fused-ring (bicyclic) bond motifs is 1. The minimum Gasteiger partial charge on any atom is -0.468 e. The first-order chi connectivity index (χ1) is 19.1. The molecular weight excluding hydrogens is 548 g/mol. The second-order valence-corrected chi connectivity index (χ2v) is 10.9. The highest BCUT2D eigenvalue weighted by atomic mass is 31.1. The molecular formula is C24H30FN7O7P+. The summed E-state index contributed by atoms with van der Waals surface area (Å²) in [6.07, 6.45) is -0.975. The zero-order chi connectivity index (χ0) is 28.6. The molecule has 5 rings (SSSR count). The summed E-state index contributed by atoms with van der Waals surface area (Å²) in [5.74, 6) is -0.0349. The number of rotatable bonds is 11. The van der Waals surface area contributed by atoms with Crippen molar-refractivity contribution in [2.45, 2.75) is 62.9 Å². The number of aromatic nitrogens is 4. The molecule has 1 unspecified atom stereocenters. The van der Waals surface area contributed by atoms with Crippen LogP contribution in [0.25, 0.3) is 11.2 Å². The topological polar surface area (TPSA) is 176 Å². The molecule has 1 aliphatic heterocycles. The molecule has 2 aromatic heterocycles. The number of hydroxylamine groups is 1. The smallest absolute Gasteiger partial charge is 0.468 e. The van der Waals surface area contributed by atoms with Gasteiger partial charge in [0, 0.05) is 6.04 Å². The average molecular weight is 579 g/mol. The lowest BCUT2D eigenvalue weighted by molar-refractivity contribution is -0.152. The van der Waals surface area contributed by atoms with Crippen molar-refractivity contribution in [3.05, 3.63) is 36.7 Å². The Hall–Kier alpha value is -3.49. The minimum absolute atomic E-state index is 0.0355. The summed E-state index contributed by atoms with van der Waals surface area (Å²) in [5, 5.41) is 14.1. The highest BCUT2D eigenvalue weighted by molar-refractivity contribution is 7.36. The van der Waals surface area contributed by atoms with Gasteiger partial charge in [-0.15, -0.1) is 4.52 Å².